The quantitative estimate of drug-likeness (QED) is 0.650. The normalized spacial score (nSPS) is 34.0. The zero-order valence-corrected chi connectivity index (χ0v) is 18.7. The molecule has 0 aromatic heterocycles. The van der Waals surface area contributed by atoms with Crippen LogP contribution in [0, 0.1) is 23.2 Å². The van der Waals surface area contributed by atoms with Crippen molar-refractivity contribution < 1.29 is 14.9 Å². The standard InChI is InChI=1S/C28H36O3/c1-28-14-13-24-23-12-10-22(31-18-19-6-3-2-4-7-19)16-20(23)9-11-25(24)27(28)21(8-5-15-29)17-26(28)30/h2-4,6-7,10,12,16,21,24-27,29-30H,5,8-9,11,13-15,17-18H2,1H3. The average Bonchev–Trinajstić information content (AvgIpc) is 3.06. The predicted octanol–water partition coefficient (Wildman–Crippen LogP) is 5.48. The van der Waals surface area contributed by atoms with Crippen LogP contribution in [0.4, 0.5) is 0 Å². The summed E-state index contributed by atoms with van der Waals surface area (Å²) in [6.45, 7) is 3.21. The van der Waals surface area contributed by atoms with Gasteiger partial charge in [0, 0.05) is 6.61 Å². The molecule has 2 aromatic carbocycles. The largest absolute Gasteiger partial charge is 0.489 e. The Labute approximate surface area is 186 Å². The van der Waals surface area contributed by atoms with Gasteiger partial charge >= 0.3 is 0 Å². The lowest BCUT2D eigenvalue weighted by Gasteiger charge is -2.51. The van der Waals surface area contributed by atoms with Crippen LogP contribution in [0.3, 0.4) is 0 Å². The first-order valence-corrected chi connectivity index (χ1v) is 12.2. The molecule has 0 aliphatic heterocycles. The van der Waals surface area contributed by atoms with Crippen LogP contribution in [-0.4, -0.2) is 22.9 Å². The van der Waals surface area contributed by atoms with Crippen LogP contribution in [0.5, 0.6) is 5.75 Å². The smallest absolute Gasteiger partial charge is 0.120 e. The van der Waals surface area contributed by atoms with Crippen LogP contribution in [0.15, 0.2) is 48.5 Å². The minimum Gasteiger partial charge on any atom is -0.489 e. The fourth-order valence-corrected chi connectivity index (χ4v) is 7.30. The van der Waals surface area contributed by atoms with Gasteiger partial charge in [-0.3, -0.25) is 0 Å². The molecule has 0 amide bonds. The van der Waals surface area contributed by atoms with E-state index in [-0.39, 0.29) is 18.1 Å². The lowest BCUT2D eigenvalue weighted by atomic mass is 9.54. The summed E-state index contributed by atoms with van der Waals surface area (Å²) in [7, 11) is 0. The fraction of sp³-hybridized carbons (Fsp3) is 0.571. The molecule has 2 fully saturated rings. The highest BCUT2D eigenvalue weighted by Crippen LogP contribution is 2.63. The SMILES string of the molecule is CC12CCC3c4ccc(OCc5ccccc5)cc4CCC3C1C(CCCO)CC2O. The van der Waals surface area contributed by atoms with Gasteiger partial charge < -0.3 is 14.9 Å². The van der Waals surface area contributed by atoms with Gasteiger partial charge in [0.1, 0.15) is 12.4 Å². The topological polar surface area (TPSA) is 49.7 Å². The van der Waals surface area contributed by atoms with Crippen molar-refractivity contribution in [2.45, 2.75) is 70.5 Å². The van der Waals surface area contributed by atoms with E-state index in [0.29, 0.717) is 30.3 Å². The first kappa shape index (κ1) is 21.0. The van der Waals surface area contributed by atoms with Crippen LogP contribution in [0.2, 0.25) is 0 Å². The summed E-state index contributed by atoms with van der Waals surface area (Å²) < 4.78 is 6.10. The molecule has 2 aromatic rings. The highest BCUT2D eigenvalue weighted by atomic mass is 16.5. The molecule has 3 nitrogen and oxygen atoms in total. The third-order valence-corrected chi connectivity index (χ3v) is 8.77. The van der Waals surface area contributed by atoms with Crippen molar-refractivity contribution in [1.29, 1.82) is 0 Å². The van der Waals surface area contributed by atoms with Crippen molar-refractivity contribution in [1.82, 2.24) is 0 Å². The lowest BCUT2D eigenvalue weighted by molar-refractivity contribution is -0.0307. The van der Waals surface area contributed by atoms with Crippen LogP contribution in [0.1, 0.15) is 68.1 Å². The molecular weight excluding hydrogens is 384 g/mol. The van der Waals surface area contributed by atoms with Gasteiger partial charge in [-0.2, -0.15) is 0 Å². The third kappa shape index (κ3) is 3.81. The number of fused-ring (bicyclic) bond motifs is 5. The van der Waals surface area contributed by atoms with Gasteiger partial charge in [-0.05, 0) is 103 Å². The summed E-state index contributed by atoms with van der Waals surface area (Å²) in [5, 5.41) is 20.3. The molecule has 3 aliphatic rings. The maximum absolute atomic E-state index is 10.9. The van der Waals surface area contributed by atoms with E-state index < -0.39 is 0 Å². The summed E-state index contributed by atoms with van der Waals surface area (Å²) in [5.41, 5.74) is 4.23. The molecule has 31 heavy (non-hydrogen) atoms. The van der Waals surface area contributed by atoms with Gasteiger partial charge in [0.25, 0.3) is 0 Å². The maximum atomic E-state index is 10.9. The number of hydrogen-bond donors (Lipinski definition) is 2. The van der Waals surface area contributed by atoms with E-state index >= 15 is 0 Å². The average molecular weight is 421 g/mol. The molecule has 6 unspecified atom stereocenters. The van der Waals surface area contributed by atoms with Crippen molar-refractivity contribution in [2.24, 2.45) is 23.2 Å². The van der Waals surface area contributed by atoms with E-state index in [1.54, 1.807) is 0 Å². The molecule has 0 spiro atoms. The zero-order valence-electron chi connectivity index (χ0n) is 18.7. The number of ether oxygens (including phenoxy) is 1. The summed E-state index contributed by atoms with van der Waals surface area (Å²) in [4.78, 5) is 0. The Balaban J connectivity index is 1.35. The number of hydrogen-bond acceptors (Lipinski definition) is 3. The second-order valence-corrected chi connectivity index (χ2v) is 10.4. The van der Waals surface area contributed by atoms with Crippen molar-refractivity contribution >= 4 is 0 Å². The first-order valence-electron chi connectivity index (χ1n) is 12.2. The molecule has 166 valence electrons. The van der Waals surface area contributed by atoms with E-state index in [4.69, 9.17) is 4.74 Å². The number of benzene rings is 2. The Bertz CT molecular complexity index is 894. The monoisotopic (exact) mass is 420 g/mol. The Hall–Kier alpha value is -1.84. The highest BCUT2D eigenvalue weighted by Gasteiger charge is 2.58. The molecule has 3 heteroatoms. The van der Waals surface area contributed by atoms with Crippen molar-refractivity contribution in [2.75, 3.05) is 6.61 Å². The Kier molecular flexibility index (Phi) is 5.83. The highest BCUT2D eigenvalue weighted by molar-refractivity contribution is 5.41. The Morgan fingerprint density at radius 2 is 1.94 bits per heavy atom. The Morgan fingerprint density at radius 1 is 1.10 bits per heavy atom. The van der Waals surface area contributed by atoms with Gasteiger partial charge in [0.05, 0.1) is 6.10 Å². The molecule has 0 radical (unpaired) electrons. The summed E-state index contributed by atoms with van der Waals surface area (Å²) in [6.07, 6.45) is 7.26. The van der Waals surface area contributed by atoms with E-state index in [9.17, 15) is 10.2 Å². The summed E-state index contributed by atoms with van der Waals surface area (Å²) in [6, 6.07) is 17.1. The minimum absolute atomic E-state index is 0.0531. The van der Waals surface area contributed by atoms with E-state index in [2.05, 4.69) is 49.4 Å². The fourth-order valence-electron chi connectivity index (χ4n) is 7.30. The molecule has 2 N–H and O–H groups in total. The first-order chi connectivity index (χ1) is 15.1. The van der Waals surface area contributed by atoms with Gasteiger partial charge in [0.2, 0.25) is 0 Å². The van der Waals surface area contributed by atoms with Crippen molar-refractivity contribution in [3.05, 3.63) is 65.2 Å². The van der Waals surface area contributed by atoms with Crippen LogP contribution in [0.25, 0.3) is 0 Å². The third-order valence-electron chi connectivity index (χ3n) is 8.77. The molecule has 6 atom stereocenters. The second kappa shape index (κ2) is 8.60. The van der Waals surface area contributed by atoms with E-state index in [0.717, 1.165) is 37.9 Å². The van der Waals surface area contributed by atoms with Crippen LogP contribution in [-0.2, 0) is 13.0 Å². The number of aryl methyl sites for hydroxylation is 1. The van der Waals surface area contributed by atoms with Crippen LogP contribution < -0.4 is 4.74 Å². The van der Waals surface area contributed by atoms with E-state index in [1.165, 1.54) is 29.5 Å². The van der Waals surface area contributed by atoms with Gasteiger partial charge in [0.15, 0.2) is 0 Å². The summed E-state index contributed by atoms with van der Waals surface area (Å²) >= 11 is 0. The number of aliphatic hydroxyl groups excluding tert-OH is 2. The number of aliphatic hydroxyl groups is 2. The molecule has 2 saturated carbocycles. The summed E-state index contributed by atoms with van der Waals surface area (Å²) in [5.74, 6) is 3.36. The predicted molar refractivity (Wildman–Crippen MR) is 123 cm³/mol. The van der Waals surface area contributed by atoms with Crippen molar-refractivity contribution in [3.8, 4) is 5.75 Å². The second-order valence-electron chi connectivity index (χ2n) is 10.4. The van der Waals surface area contributed by atoms with E-state index in [1.807, 2.05) is 6.07 Å². The molecule has 3 aliphatic carbocycles. The molecule has 5 rings (SSSR count). The maximum Gasteiger partial charge on any atom is 0.120 e. The lowest BCUT2D eigenvalue weighted by Crippen LogP contribution is -2.45. The molecule has 0 bridgehead atoms. The minimum atomic E-state index is -0.183. The van der Waals surface area contributed by atoms with Gasteiger partial charge in [-0.25, -0.2) is 0 Å². The van der Waals surface area contributed by atoms with Gasteiger partial charge in [-0.1, -0.05) is 43.3 Å². The number of rotatable bonds is 6. The molecular formula is C28H36O3. The zero-order chi connectivity index (χ0) is 21.4. The Morgan fingerprint density at radius 3 is 2.74 bits per heavy atom. The molecule has 0 heterocycles. The van der Waals surface area contributed by atoms with Gasteiger partial charge in [-0.15, -0.1) is 0 Å². The molecule has 0 saturated heterocycles. The van der Waals surface area contributed by atoms with Crippen LogP contribution >= 0.6 is 0 Å². The van der Waals surface area contributed by atoms with Crippen molar-refractivity contribution in [3.63, 3.8) is 0 Å².